The lowest BCUT2D eigenvalue weighted by molar-refractivity contribution is -0.137. The standard InChI is InChI=1S/C13H13F3N2/c14-13(15,16)11-4-2-1-3-10(11)9-5-7-12(17,18)8-6-9/h1-7H,8,17-18H2. The molecule has 0 heterocycles. The van der Waals surface area contributed by atoms with Crippen molar-refractivity contribution < 1.29 is 13.2 Å². The Bertz CT molecular complexity index is 513. The second-order valence-electron chi connectivity index (χ2n) is 4.35. The first-order chi connectivity index (χ1) is 8.30. The first-order valence-corrected chi connectivity index (χ1v) is 5.43. The summed E-state index contributed by atoms with van der Waals surface area (Å²) in [4.78, 5) is 0. The van der Waals surface area contributed by atoms with Gasteiger partial charge >= 0.3 is 6.18 Å². The third-order valence-corrected chi connectivity index (χ3v) is 2.79. The van der Waals surface area contributed by atoms with Gasteiger partial charge in [-0.1, -0.05) is 30.4 Å². The van der Waals surface area contributed by atoms with Crippen molar-refractivity contribution in [2.45, 2.75) is 18.3 Å². The van der Waals surface area contributed by atoms with Gasteiger partial charge in [0.1, 0.15) is 0 Å². The van der Waals surface area contributed by atoms with E-state index in [0.717, 1.165) is 6.07 Å². The molecule has 2 rings (SSSR count). The van der Waals surface area contributed by atoms with Gasteiger partial charge in [0, 0.05) is 6.42 Å². The molecule has 18 heavy (non-hydrogen) atoms. The molecule has 96 valence electrons. The van der Waals surface area contributed by atoms with E-state index in [1.165, 1.54) is 24.3 Å². The molecular formula is C13H13F3N2. The molecule has 1 aromatic rings. The lowest BCUT2D eigenvalue weighted by atomic mass is 9.91. The molecule has 1 aromatic carbocycles. The zero-order chi connectivity index (χ0) is 13.4. The number of hydrogen-bond acceptors (Lipinski definition) is 2. The number of halogens is 3. The van der Waals surface area contributed by atoms with Crippen LogP contribution in [-0.2, 0) is 6.18 Å². The molecule has 0 amide bonds. The minimum Gasteiger partial charge on any atom is -0.310 e. The molecule has 0 bridgehead atoms. The van der Waals surface area contributed by atoms with Gasteiger partial charge in [-0.25, -0.2) is 0 Å². The van der Waals surface area contributed by atoms with Crippen LogP contribution in [0, 0.1) is 0 Å². The van der Waals surface area contributed by atoms with Crippen LogP contribution in [0.1, 0.15) is 17.5 Å². The van der Waals surface area contributed by atoms with Gasteiger partial charge in [0.2, 0.25) is 0 Å². The van der Waals surface area contributed by atoms with Crippen LogP contribution in [0.25, 0.3) is 5.57 Å². The first-order valence-electron chi connectivity index (χ1n) is 5.43. The minimum atomic E-state index is -4.37. The van der Waals surface area contributed by atoms with Crippen LogP contribution in [0.3, 0.4) is 0 Å². The van der Waals surface area contributed by atoms with Crippen molar-refractivity contribution in [2.75, 3.05) is 0 Å². The molecule has 0 spiro atoms. The maximum atomic E-state index is 12.9. The summed E-state index contributed by atoms with van der Waals surface area (Å²) < 4.78 is 38.6. The summed E-state index contributed by atoms with van der Waals surface area (Å²) in [6.45, 7) is 0. The number of nitrogens with two attached hydrogens (primary N) is 2. The fourth-order valence-corrected chi connectivity index (χ4v) is 1.85. The highest BCUT2D eigenvalue weighted by Crippen LogP contribution is 2.36. The Morgan fingerprint density at radius 3 is 2.33 bits per heavy atom. The fourth-order valence-electron chi connectivity index (χ4n) is 1.85. The Labute approximate surface area is 103 Å². The van der Waals surface area contributed by atoms with E-state index in [4.69, 9.17) is 11.5 Å². The van der Waals surface area contributed by atoms with Gasteiger partial charge in [-0.15, -0.1) is 0 Å². The van der Waals surface area contributed by atoms with E-state index in [0.29, 0.717) is 12.0 Å². The maximum Gasteiger partial charge on any atom is 0.417 e. The third kappa shape index (κ3) is 2.63. The van der Waals surface area contributed by atoms with Gasteiger partial charge in [0.05, 0.1) is 11.2 Å². The van der Waals surface area contributed by atoms with Crippen molar-refractivity contribution in [3.8, 4) is 0 Å². The molecule has 0 radical (unpaired) electrons. The Kier molecular flexibility index (Phi) is 3.04. The second kappa shape index (κ2) is 4.26. The Morgan fingerprint density at radius 1 is 1.11 bits per heavy atom. The topological polar surface area (TPSA) is 52.0 Å². The average Bonchev–Trinajstić information content (AvgIpc) is 2.28. The zero-order valence-corrected chi connectivity index (χ0v) is 9.54. The smallest absolute Gasteiger partial charge is 0.310 e. The summed E-state index contributed by atoms with van der Waals surface area (Å²) in [6.07, 6.45) is 0.629. The van der Waals surface area contributed by atoms with Gasteiger partial charge in [-0.05, 0) is 23.3 Å². The first kappa shape index (κ1) is 12.9. The monoisotopic (exact) mass is 254 g/mol. The molecule has 0 saturated carbocycles. The van der Waals surface area contributed by atoms with Crippen LogP contribution < -0.4 is 11.5 Å². The largest absolute Gasteiger partial charge is 0.417 e. The highest BCUT2D eigenvalue weighted by Gasteiger charge is 2.33. The predicted molar refractivity (Wildman–Crippen MR) is 64.3 cm³/mol. The lowest BCUT2D eigenvalue weighted by Gasteiger charge is -2.23. The molecule has 0 fully saturated rings. The van der Waals surface area contributed by atoms with Crippen molar-refractivity contribution in [3.63, 3.8) is 0 Å². The van der Waals surface area contributed by atoms with E-state index in [9.17, 15) is 13.2 Å². The molecule has 0 unspecified atom stereocenters. The van der Waals surface area contributed by atoms with E-state index in [1.54, 1.807) is 12.1 Å². The number of alkyl halides is 3. The molecule has 0 atom stereocenters. The van der Waals surface area contributed by atoms with Crippen molar-refractivity contribution >= 4 is 5.57 Å². The Morgan fingerprint density at radius 2 is 1.78 bits per heavy atom. The maximum absolute atomic E-state index is 12.9. The van der Waals surface area contributed by atoms with Crippen LogP contribution in [0.5, 0.6) is 0 Å². The number of hydrogen-bond donors (Lipinski definition) is 2. The summed E-state index contributed by atoms with van der Waals surface area (Å²) in [7, 11) is 0. The summed E-state index contributed by atoms with van der Waals surface area (Å²) in [5, 5.41) is 0. The molecule has 1 aliphatic rings. The second-order valence-corrected chi connectivity index (χ2v) is 4.35. The third-order valence-electron chi connectivity index (χ3n) is 2.79. The predicted octanol–water partition coefficient (Wildman–Crippen LogP) is 2.66. The van der Waals surface area contributed by atoms with E-state index in [-0.39, 0.29) is 5.56 Å². The van der Waals surface area contributed by atoms with Gasteiger partial charge < -0.3 is 11.5 Å². The van der Waals surface area contributed by atoms with Crippen LogP contribution in [0.4, 0.5) is 13.2 Å². The number of benzene rings is 1. The number of allylic oxidation sites excluding steroid dienone is 2. The Hall–Kier alpha value is -1.59. The molecule has 5 heteroatoms. The SMILES string of the molecule is NC1(N)C=CC(c2ccccc2C(F)(F)F)=CC1. The Balaban J connectivity index is 2.42. The van der Waals surface area contributed by atoms with Gasteiger partial charge in [-0.2, -0.15) is 13.2 Å². The van der Waals surface area contributed by atoms with Gasteiger partial charge in [-0.3, -0.25) is 0 Å². The van der Waals surface area contributed by atoms with Crippen LogP contribution in [-0.4, -0.2) is 5.66 Å². The molecule has 2 nitrogen and oxygen atoms in total. The normalized spacial score (nSPS) is 18.6. The highest BCUT2D eigenvalue weighted by molar-refractivity contribution is 5.77. The molecule has 0 saturated heterocycles. The van der Waals surface area contributed by atoms with E-state index < -0.39 is 17.4 Å². The summed E-state index contributed by atoms with van der Waals surface area (Å²) >= 11 is 0. The van der Waals surface area contributed by atoms with Crippen molar-refractivity contribution in [1.29, 1.82) is 0 Å². The van der Waals surface area contributed by atoms with E-state index in [1.807, 2.05) is 0 Å². The molecule has 0 aromatic heterocycles. The summed E-state index contributed by atoms with van der Waals surface area (Å²) in [5.41, 5.74) is 10.4. The van der Waals surface area contributed by atoms with Crippen LogP contribution in [0.15, 0.2) is 42.5 Å². The van der Waals surface area contributed by atoms with Gasteiger partial charge in [0.15, 0.2) is 0 Å². The van der Waals surface area contributed by atoms with Gasteiger partial charge in [0.25, 0.3) is 0 Å². The van der Waals surface area contributed by atoms with Crippen LogP contribution in [0.2, 0.25) is 0 Å². The minimum absolute atomic E-state index is 0.150. The zero-order valence-electron chi connectivity index (χ0n) is 9.54. The van der Waals surface area contributed by atoms with Crippen molar-refractivity contribution in [1.82, 2.24) is 0 Å². The fraction of sp³-hybridized carbons (Fsp3) is 0.231. The van der Waals surface area contributed by atoms with Crippen LogP contribution >= 0.6 is 0 Å². The lowest BCUT2D eigenvalue weighted by Crippen LogP contribution is -2.47. The average molecular weight is 254 g/mol. The van der Waals surface area contributed by atoms with Crippen molar-refractivity contribution in [3.05, 3.63) is 53.6 Å². The molecule has 4 N–H and O–H groups in total. The summed E-state index contributed by atoms with van der Waals surface area (Å²) in [5.74, 6) is 0. The van der Waals surface area contributed by atoms with Crippen molar-refractivity contribution in [2.24, 2.45) is 11.5 Å². The molecular weight excluding hydrogens is 241 g/mol. The van der Waals surface area contributed by atoms with E-state index >= 15 is 0 Å². The quantitative estimate of drug-likeness (QED) is 0.757. The number of rotatable bonds is 1. The highest BCUT2D eigenvalue weighted by atomic mass is 19.4. The molecule has 1 aliphatic carbocycles. The summed E-state index contributed by atoms with van der Waals surface area (Å²) in [6, 6.07) is 5.46. The molecule has 0 aliphatic heterocycles. The van der Waals surface area contributed by atoms with E-state index in [2.05, 4.69) is 0 Å².